The van der Waals surface area contributed by atoms with Crippen molar-refractivity contribution in [1.29, 1.82) is 0 Å². The van der Waals surface area contributed by atoms with E-state index in [-0.39, 0.29) is 0 Å². The van der Waals surface area contributed by atoms with E-state index in [1.165, 1.54) is 25.7 Å². The first-order chi connectivity index (χ1) is 11.1. The summed E-state index contributed by atoms with van der Waals surface area (Å²) >= 11 is 0. The first kappa shape index (κ1) is 19.2. The van der Waals surface area contributed by atoms with E-state index in [1.54, 1.807) is 0 Å². The van der Waals surface area contributed by atoms with Crippen molar-refractivity contribution >= 4 is 5.96 Å². The van der Waals surface area contributed by atoms with E-state index in [2.05, 4.69) is 46.2 Å². The number of aromatic nitrogens is 3. The summed E-state index contributed by atoms with van der Waals surface area (Å²) in [6, 6.07) is 0.393. The number of rotatable bonds is 10. The molecule has 0 amide bonds. The summed E-state index contributed by atoms with van der Waals surface area (Å²) in [5, 5.41) is 14.9. The summed E-state index contributed by atoms with van der Waals surface area (Å²) in [6.45, 7) is 11.3. The number of guanidine groups is 1. The molecule has 1 unspecified atom stereocenters. The van der Waals surface area contributed by atoms with Crippen LogP contribution in [0.1, 0.15) is 57.6 Å². The largest absolute Gasteiger partial charge is 0.354 e. The van der Waals surface area contributed by atoms with Gasteiger partial charge in [-0.2, -0.15) is 0 Å². The summed E-state index contributed by atoms with van der Waals surface area (Å²) in [7, 11) is 1.96. The lowest BCUT2D eigenvalue weighted by atomic mass is 10.1. The van der Waals surface area contributed by atoms with Crippen LogP contribution in [-0.4, -0.2) is 33.3 Å². The maximum Gasteiger partial charge on any atom is 0.192 e. The average Bonchev–Trinajstić information content (AvgIpc) is 2.86. The number of nitrogens with one attached hydrogen (secondary N) is 2. The van der Waals surface area contributed by atoms with Crippen LogP contribution in [0.4, 0.5) is 0 Å². The molecule has 0 saturated carbocycles. The summed E-state index contributed by atoms with van der Waals surface area (Å²) in [4.78, 5) is 4.61. The third-order valence-electron chi connectivity index (χ3n) is 3.85. The first-order valence-electron chi connectivity index (χ1n) is 8.59. The minimum absolute atomic E-state index is 0.393. The fourth-order valence-electron chi connectivity index (χ4n) is 2.24. The van der Waals surface area contributed by atoms with Crippen LogP contribution >= 0.6 is 0 Å². The molecule has 23 heavy (non-hydrogen) atoms. The monoisotopic (exact) mass is 320 g/mol. The highest BCUT2D eigenvalue weighted by atomic mass is 15.3. The zero-order valence-corrected chi connectivity index (χ0v) is 15.1. The summed E-state index contributed by atoms with van der Waals surface area (Å²) in [6.07, 6.45) is 8.11. The second-order valence-corrected chi connectivity index (χ2v) is 5.95. The van der Waals surface area contributed by atoms with E-state index in [0.29, 0.717) is 19.1 Å². The number of aliphatic imine (C=N–C) groups is 1. The molecule has 0 radical (unpaired) electrons. The maximum atomic E-state index is 4.61. The van der Waals surface area contributed by atoms with E-state index in [0.717, 1.165) is 24.0 Å². The van der Waals surface area contributed by atoms with Gasteiger partial charge in [-0.3, -0.25) is 0 Å². The van der Waals surface area contributed by atoms with Gasteiger partial charge in [0.25, 0.3) is 0 Å². The van der Waals surface area contributed by atoms with Crippen LogP contribution in [0.2, 0.25) is 0 Å². The Labute approximate surface area is 140 Å². The first-order valence-corrected chi connectivity index (χ1v) is 8.59. The molecule has 130 valence electrons. The third kappa shape index (κ3) is 7.30. The number of unbranched alkanes of at least 4 members (excludes halogenated alkanes) is 3. The molecule has 0 aliphatic carbocycles. The van der Waals surface area contributed by atoms with Gasteiger partial charge in [-0.25, -0.2) is 4.99 Å². The van der Waals surface area contributed by atoms with Gasteiger partial charge < -0.3 is 15.2 Å². The van der Waals surface area contributed by atoms with Gasteiger partial charge in [-0.15, -0.1) is 16.8 Å². The van der Waals surface area contributed by atoms with E-state index >= 15 is 0 Å². The highest BCUT2D eigenvalue weighted by Gasteiger charge is 2.07. The third-order valence-corrected chi connectivity index (χ3v) is 3.85. The van der Waals surface area contributed by atoms with Crippen LogP contribution in [0, 0.1) is 6.92 Å². The quantitative estimate of drug-likeness (QED) is 0.301. The van der Waals surface area contributed by atoms with Gasteiger partial charge in [0.15, 0.2) is 11.8 Å². The van der Waals surface area contributed by atoms with Gasteiger partial charge in [-0.1, -0.05) is 38.7 Å². The fraction of sp³-hybridized carbons (Fsp3) is 0.706. The van der Waals surface area contributed by atoms with Crippen molar-refractivity contribution < 1.29 is 0 Å². The Bertz CT molecular complexity index is 491. The molecular weight excluding hydrogens is 288 g/mol. The molecule has 0 spiro atoms. The molecule has 2 N–H and O–H groups in total. The predicted octanol–water partition coefficient (Wildman–Crippen LogP) is 2.70. The lowest BCUT2D eigenvalue weighted by molar-refractivity contribution is 0.537. The van der Waals surface area contributed by atoms with Crippen LogP contribution in [-0.2, 0) is 13.6 Å². The Morgan fingerprint density at radius 3 is 2.74 bits per heavy atom. The summed E-state index contributed by atoms with van der Waals surface area (Å²) in [5.41, 5.74) is 0. The van der Waals surface area contributed by atoms with Gasteiger partial charge in [-0.05, 0) is 20.3 Å². The molecule has 1 heterocycles. The summed E-state index contributed by atoms with van der Waals surface area (Å²) in [5.74, 6) is 2.55. The smallest absolute Gasteiger partial charge is 0.192 e. The Morgan fingerprint density at radius 2 is 2.13 bits per heavy atom. The molecule has 6 heteroatoms. The minimum atomic E-state index is 0.393. The second-order valence-electron chi connectivity index (χ2n) is 5.95. The molecule has 0 bridgehead atoms. The standard InChI is InChI=1S/C17H32N6/c1-6-8-9-10-11-14(3)20-17(18-12-7-2)19-13-16-22-21-15(4)23(16)5/h7,14H,2,6,8-13H2,1,3-5H3,(H2,18,19,20). The number of nitrogens with zero attached hydrogens (tertiary/aromatic N) is 4. The van der Waals surface area contributed by atoms with Gasteiger partial charge in [0.2, 0.25) is 0 Å². The normalized spacial score (nSPS) is 13.0. The lowest BCUT2D eigenvalue weighted by Crippen LogP contribution is -2.42. The molecule has 1 aromatic rings. The van der Waals surface area contributed by atoms with Crippen molar-refractivity contribution in [3.05, 3.63) is 24.3 Å². The van der Waals surface area contributed by atoms with Crippen LogP contribution in [0.5, 0.6) is 0 Å². The van der Waals surface area contributed by atoms with Gasteiger partial charge in [0.05, 0.1) is 0 Å². The van der Waals surface area contributed by atoms with E-state index in [1.807, 2.05) is 24.6 Å². The second kappa shape index (κ2) is 10.8. The van der Waals surface area contributed by atoms with Crippen molar-refractivity contribution in [2.75, 3.05) is 6.54 Å². The van der Waals surface area contributed by atoms with Crippen molar-refractivity contribution in [2.45, 2.75) is 65.5 Å². The minimum Gasteiger partial charge on any atom is -0.354 e. The topological polar surface area (TPSA) is 67.1 Å². The van der Waals surface area contributed by atoms with E-state index in [4.69, 9.17) is 0 Å². The predicted molar refractivity (Wildman–Crippen MR) is 96.4 cm³/mol. The number of aryl methyl sites for hydroxylation is 1. The van der Waals surface area contributed by atoms with Gasteiger partial charge in [0, 0.05) is 19.6 Å². The molecule has 0 saturated heterocycles. The molecule has 1 atom stereocenters. The average molecular weight is 320 g/mol. The lowest BCUT2D eigenvalue weighted by Gasteiger charge is -2.17. The zero-order chi connectivity index (χ0) is 17.1. The van der Waals surface area contributed by atoms with Crippen LogP contribution in [0.15, 0.2) is 17.6 Å². The summed E-state index contributed by atoms with van der Waals surface area (Å²) < 4.78 is 1.96. The number of hydrogen-bond donors (Lipinski definition) is 2. The zero-order valence-electron chi connectivity index (χ0n) is 15.1. The maximum absolute atomic E-state index is 4.61. The van der Waals surface area contributed by atoms with Crippen molar-refractivity contribution in [1.82, 2.24) is 25.4 Å². The SMILES string of the molecule is C=CCNC(=NCc1nnc(C)n1C)NC(C)CCCCCC. The van der Waals surface area contributed by atoms with Crippen LogP contribution < -0.4 is 10.6 Å². The number of hydrogen-bond acceptors (Lipinski definition) is 3. The molecule has 1 aromatic heterocycles. The van der Waals surface area contributed by atoms with Gasteiger partial charge in [0.1, 0.15) is 12.4 Å². The Morgan fingerprint density at radius 1 is 1.35 bits per heavy atom. The highest BCUT2D eigenvalue weighted by molar-refractivity contribution is 5.80. The van der Waals surface area contributed by atoms with Crippen LogP contribution in [0.25, 0.3) is 0 Å². The Kier molecular flexibility index (Phi) is 9.02. The molecule has 0 aliphatic rings. The van der Waals surface area contributed by atoms with Crippen molar-refractivity contribution in [3.8, 4) is 0 Å². The van der Waals surface area contributed by atoms with Crippen LogP contribution in [0.3, 0.4) is 0 Å². The molecular formula is C17H32N6. The van der Waals surface area contributed by atoms with E-state index < -0.39 is 0 Å². The molecule has 0 aliphatic heterocycles. The molecule has 6 nitrogen and oxygen atoms in total. The Hall–Kier alpha value is -1.85. The van der Waals surface area contributed by atoms with Gasteiger partial charge >= 0.3 is 0 Å². The fourth-order valence-corrected chi connectivity index (χ4v) is 2.24. The molecule has 0 fully saturated rings. The highest BCUT2D eigenvalue weighted by Crippen LogP contribution is 2.05. The van der Waals surface area contributed by atoms with Crippen molar-refractivity contribution in [2.24, 2.45) is 12.0 Å². The van der Waals surface area contributed by atoms with E-state index in [9.17, 15) is 0 Å². The Balaban J connectivity index is 2.55. The molecule has 1 rings (SSSR count). The molecule has 0 aromatic carbocycles. The van der Waals surface area contributed by atoms with Crippen molar-refractivity contribution in [3.63, 3.8) is 0 Å².